The van der Waals surface area contributed by atoms with Gasteiger partial charge in [0.1, 0.15) is 5.69 Å². The van der Waals surface area contributed by atoms with Gasteiger partial charge < -0.3 is 11.2 Å². The Morgan fingerprint density at radius 3 is 2.77 bits per heavy atom. The Morgan fingerprint density at radius 2 is 2.04 bits per heavy atom. The van der Waals surface area contributed by atoms with Crippen LogP contribution in [-0.2, 0) is 4.79 Å². The molecule has 0 bridgehead atoms. The number of nitrogen functional groups attached to an aromatic ring is 1. The molecule has 3 aromatic rings. The highest BCUT2D eigenvalue weighted by Crippen LogP contribution is 2.31. The van der Waals surface area contributed by atoms with Crippen LogP contribution in [0.2, 0.25) is 10.0 Å². The fourth-order valence-electron chi connectivity index (χ4n) is 2.07. The Kier molecular flexibility index (Phi) is 5.65. The molecule has 7 nitrogen and oxygen atoms in total. The molecule has 3 N–H and O–H groups in total. The standard InChI is InChI=1S/C16H14Cl2N6OS/c1-9(15(25)21-11-7-4-5-10(17)13(11)18)26-16-23-22-14(24(16)19)12-6-2-3-8-20-12/h2-9H,19H2,1H3,(H,21,25). The van der Waals surface area contributed by atoms with Crippen LogP contribution in [0.1, 0.15) is 6.92 Å². The predicted octanol–water partition coefficient (Wildman–Crippen LogP) is 3.48. The molecule has 0 spiro atoms. The predicted molar refractivity (Wildman–Crippen MR) is 104 cm³/mol. The Hall–Kier alpha value is -2.29. The zero-order valence-electron chi connectivity index (χ0n) is 13.6. The number of thioether (sulfide) groups is 1. The minimum absolute atomic E-state index is 0.262. The number of benzene rings is 1. The summed E-state index contributed by atoms with van der Waals surface area (Å²) in [6.45, 7) is 1.73. The largest absolute Gasteiger partial charge is 0.335 e. The van der Waals surface area contributed by atoms with Crippen molar-refractivity contribution in [3.05, 3.63) is 52.6 Å². The van der Waals surface area contributed by atoms with Gasteiger partial charge in [0.05, 0.1) is 21.0 Å². The third-order valence-corrected chi connectivity index (χ3v) is 5.30. The molecular weight excluding hydrogens is 395 g/mol. The number of amides is 1. The van der Waals surface area contributed by atoms with Crippen molar-refractivity contribution in [2.45, 2.75) is 17.3 Å². The zero-order chi connectivity index (χ0) is 18.7. The maximum atomic E-state index is 12.4. The fourth-order valence-corrected chi connectivity index (χ4v) is 3.19. The van der Waals surface area contributed by atoms with Gasteiger partial charge >= 0.3 is 0 Å². The lowest BCUT2D eigenvalue weighted by atomic mass is 10.3. The quantitative estimate of drug-likeness (QED) is 0.495. The number of nitrogens with two attached hydrogens (primary N) is 1. The van der Waals surface area contributed by atoms with Crippen molar-refractivity contribution in [2.24, 2.45) is 0 Å². The van der Waals surface area contributed by atoms with Crippen LogP contribution in [-0.4, -0.2) is 31.0 Å². The molecule has 2 aromatic heterocycles. The average molecular weight is 409 g/mol. The lowest BCUT2D eigenvalue weighted by Gasteiger charge is -2.13. The number of nitrogens with zero attached hydrogens (tertiary/aromatic N) is 4. The summed E-state index contributed by atoms with van der Waals surface area (Å²) in [5.74, 6) is 6.19. The first-order valence-corrected chi connectivity index (χ1v) is 9.14. The van der Waals surface area contributed by atoms with Crippen LogP contribution in [0.5, 0.6) is 0 Å². The van der Waals surface area contributed by atoms with Crippen LogP contribution in [0.3, 0.4) is 0 Å². The molecule has 1 amide bonds. The van der Waals surface area contributed by atoms with Crippen LogP contribution >= 0.6 is 35.0 Å². The maximum Gasteiger partial charge on any atom is 0.237 e. The molecule has 0 saturated carbocycles. The molecule has 10 heteroatoms. The van der Waals surface area contributed by atoms with Crippen LogP contribution < -0.4 is 11.2 Å². The lowest BCUT2D eigenvalue weighted by molar-refractivity contribution is -0.115. The monoisotopic (exact) mass is 408 g/mol. The van der Waals surface area contributed by atoms with Crippen molar-refractivity contribution in [1.29, 1.82) is 0 Å². The Morgan fingerprint density at radius 1 is 1.23 bits per heavy atom. The summed E-state index contributed by atoms with van der Waals surface area (Å²) in [7, 11) is 0. The molecule has 0 aliphatic carbocycles. The molecule has 3 rings (SSSR count). The SMILES string of the molecule is CC(Sc1nnc(-c2ccccn2)n1N)C(=O)Nc1cccc(Cl)c1Cl. The molecule has 0 aliphatic rings. The normalized spacial score (nSPS) is 12.0. The second-order valence-electron chi connectivity index (χ2n) is 5.24. The Balaban J connectivity index is 1.72. The Bertz CT molecular complexity index is 934. The van der Waals surface area contributed by atoms with Gasteiger partial charge in [0, 0.05) is 6.20 Å². The summed E-state index contributed by atoms with van der Waals surface area (Å²) in [5.41, 5.74) is 1.04. The first-order chi connectivity index (χ1) is 12.5. The second kappa shape index (κ2) is 7.94. The van der Waals surface area contributed by atoms with E-state index >= 15 is 0 Å². The highest BCUT2D eigenvalue weighted by molar-refractivity contribution is 8.00. The molecular formula is C16H14Cl2N6OS. The summed E-state index contributed by atoms with van der Waals surface area (Å²) in [5, 5.41) is 11.4. The smallest absolute Gasteiger partial charge is 0.237 e. The molecule has 1 unspecified atom stereocenters. The van der Waals surface area contributed by atoms with Gasteiger partial charge in [-0.05, 0) is 31.2 Å². The van der Waals surface area contributed by atoms with Crippen LogP contribution in [0, 0.1) is 0 Å². The maximum absolute atomic E-state index is 12.4. The third-order valence-electron chi connectivity index (χ3n) is 3.42. The number of carbonyl (C=O) groups excluding carboxylic acids is 1. The highest BCUT2D eigenvalue weighted by Gasteiger charge is 2.21. The highest BCUT2D eigenvalue weighted by atomic mass is 35.5. The number of pyridine rings is 1. The van der Waals surface area contributed by atoms with E-state index < -0.39 is 5.25 Å². The van der Waals surface area contributed by atoms with E-state index in [1.807, 2.05) is 6.07 Å². The molecule has 2 heterocycles. The number of anilines is 1. The van der Waals surface area contributed by atoms with Crippen molar-refractivity contribution >= 4 is 46.6 Å². The van der Waals surface area contributed by atoms with Crippen LogP contribution in [0.4, 0.5) is 5.69 Å². The number of halogens is 2. The second-order valence-corrected chi connectivity index (χ2v) is 7.33. The number of rotatable bonds is 5. The van der Waals surface area contributed by atoms with Gasteiger partial charge in [-0.3, -0.25) is 9.78 Å². The van der Waals surface area contributed by atoms with Crippen molar-refractivity contribution in [2.75, 3.05) is 11.2 Å². The fraction of sp³-hybridized carbons (Fsp3) is 0.125. The number of nitrogens with one attached hydrogen (secondary N) is 1. The first-order valence-electron chi connectivity index (χ1n) is 7.51. The third kappa shape index (κ3) is 3.92. The minimum atomic E-state index is -0.492. The number of hydrogen-bond acceptors (Lipinski definition) is 6. The summed E-state index contributed by atoms with van der Waals surface area (Å²) in [6, 6.07) is 10.4. The summed E-state index contributed by atoms with van der Waals surface area (Å²) >= 11 is 13.2. The van der Waals surface area contributed by atoms with Crippen LogP contribution in [0.25, 0.3) is 11.5 Å². The van der Waals surface area contributed by atoms with Gasteiger partial charge in [0.2, 0.25) is 16.9 Å². The van der Waals surface area contributed by atoms with Gasteiger partial charge in [-0.25, -0.2) is 4.68 Å². The molecule has 1 aromatic carbocycles. The summed E-state index contributed by atoms with van der Waals surface area (Å²) in [6.07, 6.45) is 1.64. The van der Waals surface area contributed by atoms with E-state index in [1.165, 1.54) is 16.4 Å². The average Bonchev–Trinajstić information content (AvgIpc) is 3.00. The number of aromatic nitrogens is 4. The molecule has 0 fully saturated rings. The number of carbonyl (C=O) groups is 1. The van der Waals surface area contributed by atoms with E-state index in [4.69, 9.17) is 29.0 Å². The van der Waals surface area contributed by atoms with E-state index in [1.54, 1.807) is 43.5 Å². The van der Waals surface area contributed by atoms with E-state index in [-0.39, 0.29) is 5.91 Å². The zero-order valence-corrected chi connectivity index (χ0v) is 15.9. The lowest BCUT2D eigenvalue weighted by Crippen LogP contribution is -2.23. The van der Waals surface area contributed by atoms with Crippen molar-refractivity contribution in [3.63, 3.8) is 0 Å². The van der Waals surface area contributed by atoms with E-state index in [0.717, 1.165) is 0 Å². The summed E-state index contributed by atoms with van der Waals surface area (Å²) < 4.78 is 1.31. The van der Waals surface area contributed by atoms with E-state index in [9.17, 15) is 4.79 Å². The molecule has 0 aliphatic heterocycles. The minimum Gasteiger partial charge on any atom is -0.335 e. The topological polar surface area (TPSA) is 98.7 Å². The van der Waals surface area contributed by atoms with Gasteiger partial charge in [0.15, 0.2) is 0 Å². The molecule has 1 atom stereocenters. The molecule has 26 heavy (non-hydrogen) atoms. The van der Waals surface area contributed by atoms with Crippen molar-refractivity contribution in [3.8, 4) is 11.5 Å². The van der Waals surface area contributed by atoms with Gasteiger partial charge in [-0.1, -0.05) is 47.1 Å². The van der Waals surface area contributed by atoms with Crippen LogP contribution in [0.15, 0.2) is 47.8 Å². The molecule has 0 radical (unpaired) electrons. The molecule has 0 saturated heterocycles. The van der Waals surface area contributed by atoms with Gasteiger partial charge in [0.25, 0.3) is 0 Å². The summed E-state index contributed by atoms with van der Waals surface area (Å²) in [4.78, 5) is 16.6. The van der Waals surface area contributed by atoms with Crippen molar-refractivity contribution in [1.82, 2.24) is 19.9 Å². The van der Waals surface area contributed by atoms with Gasteiger partial charge in [-0.15, -0.1) is 10.2 Å². The molecule has 134 valence electrons. The van der Waals surface area contributed by atoms with E-state index in [0.29, 0.717) is 32.4 Å². The number of hydrogen-bond donors (Lipinski definition) is 2. The van der Waals surface area contributed by atoms with E-state index in [2.05, 4.69) is 20.5 Å². The van der Waals surface area contributed by atoms with Crippen molar-refractivity contribution < 1.29 is 4.79 Å². The Labute approximate surface area is 163 Å². The first kappa shape index (κ1) is 18.5. The van der Waals surface area contributed by atoms with Gasteiger partial charge in [-0.2, -0.15) is 0 Å².